The molecule has 0 spiro atoms. The third-order valence-corrected chi connectivity index (χ3v) is 3.60. The van der Waals surface area contributed by atoms with Crippen molar-refractivity contribution in [3.63, 3.8) is 0 Å². The lowest BCUT2D eigenvalue weighted by Gasteiger charge is -2.22. The molecule has 0 aliphatic carbocycles. The van der Waals surface area contributed by atoms with Gasteiger partial charge in [0.2, 0.25) is 5.91 Å². The maximum Gasteiger partial charge on any atom is 0.228 e. The highest BCUT2D eigenvalue weighted by Gasteiger charge is 2.21. The Morgan fingerprint density at radius 1 is 1.53 bits per heavy atom. The maximum absolute atomic E-state index is 12.0. The molecule has 1 aliphatic heterocycles. The van der Waals surface area contributed by atoms with E-state index in [2.05, 4.69) is 10.6 Å². The Bertz CT molecular complexity index is 414. The summed E-state index contributed by atoms with van der Waals surface area (Å²) in [6, 6.07) is 5.56. The molecular formula is C13H17ClN2O. The number of benzene rings is 1. The highest BCUT2D eigenvalue weighted by atomic mass is 35.5. The summed E-state index contributed by atoms with van der Waals surface area (Å²) in [6.07, 6.45) is 2.02. The Hall–Kier alpha value is -1.06. The minimum absolute atomic E-state index is 0.0714. The smallest absolute Gasteiger partial charge is 0.228 e. The second kappa shape index (κ2) is 5.52. The molecule has 0 aromatic heterocycles. The van der Waals surface area contributed by atoms with E-state index in [1.807, 2.05) is 25.1 Å². The van der Waals surface area contributed by atoms with Crippen LogP contribution in [0.3, 0.4) is 0 Å². The van der Waals surface area contributed by atoms with E-state index in [1.54, 1.807) is 0 Å². The quantitative estimate of drug-likeness (QED) is 0.850. The molecule has 0 radical (unpaired) electrons. The van der Waals surface area contributed by atoms with Gasteiger partial charge in [-0.2, -0.15) is 0 Å². The second-order valence-electron chi connectivity index (χ2n) is 4.44. The molecule has 1 fully saturated rings. The number of hydrogen-bond acceptors (Lipinski definition) is 2. The Balaban J connectivity index is 2.04. The van der Waals surface area contributed by atoms with Crippen LogP contribution in [-0.4, -0.2) is 19.0 Å². The highest BCUT2D eigenvalue weighted by molar-refractivity contribution is 6.31. The molecule has 92 valence electrons. The number of rotatable bonds is 2. The summed E-state index contributed by atoms with van der Waals surface area (Å²) in [6.45, 7) is 3.70. The molecule has 1 aliphatic rings. The topological polar surface area (TPSA) is 41.1 Å². The van der Waals surface area contributed by atoms with Gasteiger partial charge in [-0.05, 0) is 44.0 Å². The molecular weight excluding hydrogens is 236 g/mol. The maximum atomic E-state index is 12.0. The van der Waals surface area contributed by atoms with Gasteiger partial charge in [-0.3, -0.25) is 4.79 Å². The number of hydrogen-bond donors (Lipinski definition) is 2. The van der Waals surface area contributed by atoms with Crippen molar-refractivity contribution in [2.24, 2.45) is 5.92 Å². The third kappa shape index (κ3) is 2.99. The molecule has 0 bridgehead atoms. The normalized spacial score (nSPS) is 20.0. The molecule has 3 nitrogen and oxygen atoms in total. The van der Waals surface area contributed by atoms with Gasteiger partial charge in [0, 0.05) is 17.3 Å². The molecule has 1 aromatic carbocycles. The van der Waals surface area contributed by atoms with Crippen LogP contribution in [0.2, 0.25) is 5.02 Å². The molecule has 1 saturated heterocycles. The molecule has 0 saturated carbocycles. The Morgan fingerprint density at radius 2 is 2.35 bits per heavy atom. The first-order valence-corrected chi connectivity index (χ1v) is 6.33. The number of halogens is 1. The SMILES string of the molecule is Cc1c(Cl)cccc1NC(=O)C1CCCNC1. The summed E-state index contributed by atoms with van der Waals surface area (Å²) in [7, 11) is 0. The minimum Gasteiger partial charge on any atom is -0.326 e. The fourth-order valence-corrected chi connectivity index (χ4v) is 2.23. The van der Waals surface area contributed by atoms with E-state index >= 15 is 0 Å². The van der Waals surface area contributed by atoms with Gasteiger partial charge in [0.05, 0.1) is 5.92 Å². The van der Waals surface area contributed by atoms with Crippen molar-refractivity contribution >= 4 is 23.2 Å². The van der Waals surface area contributed by atoms with Crippen LogP contribution < -0.4 is 10.6 Å². The summed E-state index contributed by atoms with van der Waals surface area (Å²) >= 11 is 6.02. The Kier molecular flexibility index (Phi) is 4.02. The molecule has 1 amide bonds. The van der Waals surface area contributed by atoms with Gasteiger partial charge in [0.15, 0.2) is 0 Å². The van der Waals surface area contributed by atoms with Crippen LogP contribution in [0.25, 0.3) is 0 Å². The van der Waals surface area contributed by atoms with E-state index in [0.717, 1.165) is 37.2 Å². The molecule has 4 heteroatoms. The number of carbonyl (C=O) groups excluding carboxylic acids is 1. The zero-order valence-electron chi connectivity index (χ0n) is 9.92. The molecule has 2 rings (SSSR count). The fraction of sp³-hybridized carbons (Fsp3) is 0.462. The number of piperidine rings is 1. The average molecular weight is 253 g/mol. The minimum atomic E-state index is 0.0714. The molecule has 17 heavy (non-hydrogen) atoms. The second-order valence-corrected chi connectivity index (χ2v) is 4.85. The van der Waals surface area contributed by atoms with Gasteiger partial charge in [0.25, 0.3) is 0 Å². The zero-order valence-corrected chi connectivity index (χ0v) is 10.7. The first-order valence-electron chi connectivity index (χ1n) is 5.95. The third-order valence-electron chi connectivity index (χ3n) is 3.19. The van der Waals surface area contributed by atoms with E-state index in [-0.39, 0.29) is 11.8 Å². The van der Waals surface area contributed by atoms with E-state index in [0.29, 0.717) is 5.02 Å². The Morgan fingerprint density at radius 3 is 3.06 bits per heavy atom. The first kappa shape index (κ1) is 12.4. The van der Waals surface area contributed by atoms with Gasteiger partial charge < -0.3 is 10.6 Å². The predicted molar refractivity (Wildman–Crippen MR) is 70.4 cm³/mol. The van der Waals surface area contributed by atoms with Crippen molar-refractivity contribution in [3.8, 4) is 0 Å². The average Bonchev–Trinajstić information content (AvgIpc) is 2.36. The van der Waals surface area contributed by atoms with E-state index in [4.69, 9.17) is 11.6 Å². The van der Waals surface area contributed by atoms with Gasteiger partial charge in [0.1, 0.15) is 0 Å². The van der Waals surface area contributed by atoms with Gasteiger partial charge >= 0.3 is 0 Å². The lowest BCUT2D eigenvalue weighted by atomic mass is 9.98. The van der Waals surface area contributed by atoms with Gasteiger partial charge in [-0.1, -0.05) is 17.7 Å². The molecule has 2 N–H and O–H groups in total. The summed E-state index contributed by atoms with van der Waals surface area (Å²) < 4.78 is 0. The van der Waals surface area contributed by atoms with Crippen LogP contribution in [0.15, 0.2) is 18.2 Å². The monoisotopic (exact) mass is 252 g/mol. The Labute approximate surface area is 107 Å². The van der Waals surface area contributed by atoms with E-state index in [9.17, 15) is 4.79 Å². The van der Waals surface area contributed by atoms with Crippen LogP contribution >= 0.6 is 11.6 Å². The molecule has 1 unspecified atom stereocenters. The number of anilines is 1. The van der Waals surface area contributed by atoms with Crippen LogP contribution in [-0.2, 0) is 4.79 Å². The zero-order chi connectivity index (χ0) is 12.3. The van der Waals surface area contributed by atoms with Crippen molar-refractivity contribution in [1.82, 2.24) is 5.32 Å². The highest BCUT2D eigenvalue weighted by Crippen LogP contribution is 2.24. The van der Waals surface area contributed by atoms with Crippen LogP contribution in [0.5, 0.6) is 0 Å². The van der Waals surface area contributed by atoms with Crippen LogP contribution in [0.4, 0.5) is 5.69 Å². The van der Waals surface area contributed by atoms with E-state index in [1.165, 1.54) is 0 Å². The number of amides is 1. The predicted octanol–water partition coefficient (Wildman–Crippen LogP) is 2.59. The van der Waals surface area contributed by atoms with Crippen molar-refractivity contribution < 1.29 is 4.79 Å². The first-order chi connectivity index (χ1) is 8.18. The van der Waals surface area contributed by atoms with Gasteiger partial charge in [-0.15, -0.1) is 0 Å². The lowest BCUT2D eigenvalue weighted by Crippen LogP contribution is -2.37. The van der Waals surface area contributed by atoms with Crippen molar-refractivity contribution in [2.45, 2.75) is 19.8 Å². The summed E-state index contributed by atoms with van der Waals surface area (Å²) in [4.78, 5) is 12.0. The molecule has 1 aromatic rings. The summed E-state index contributed by atoms with van der Waals surface area (Å²) in [5.74, 6) is 0.157. The largest absolute Gasteiger partial charge is 0.326 e. The van der Waals surface area contributed by atoms with Crippen LogP contribution in [0.1, 0.15) is 18.4 Å². The molecule has 1 heterocycles. The lowest BCUT2D eigenvalue weighted by molar-refractivity contribution is -0.120. The van der Waals surface area contributed by atoms with Crippen molar-refractivity contribution in [2.75, 3.05) is 18.4 Å². The van der Waals surface area contributed by atoms with Gasteiger partial charge in [-0.25, -0.2) is 0 Å². The number of nitrogens with one attached hydrogen (secondary N) is 2. The standard InChI is InChI=1S/C13H17ClN2O/c1-9-11(14)5-2-6-12(9)16-13(17)10-4-3-7-15-8-10/h2,5-6,10,15H,3-4,7-8H2,1H3,(H,16,17). The number of carbonyl (C=O) groups is 1. The fourth-order valence-electron chi connectivity index (χ4n) is 2.05. The van der Waals surface area contributed by atoms with Crippen molar-refractivity contribution in [1.29, 1.82) is 0 Å². The summed E-state index contributed by atoms with van der Waals surface area (Å²) in [5.41, 5.74) is 1.74. The van der Waals surface area contributed by atoms with Crippen LogP contribution in [0, 0.1) is 12.8 Å². The molecule has 1 atom stereocenters. The summed E-state index contributed by atoms with van der Waals surface area (Å²) in [5, 5.41) is 6.88. The van der Waals surface area contributed by atoms with E-state index < -0.39 is 0 Å². The van der Waals surface area contributed by atoms with Crippen molar-refractivity contribution in [3.05, 3.63) is 28.8 Å².